The molecule has 21 heavy (non-hydrogen) atoms. The van der Waals surface area contributed by atoms with Crippen molar-refractivity contribution in [2.24, 2.45) is 0 Å². The molecule has 108 valence electrons. The molecule has 1 atom stereocenters. The van der Waals surface area contributed by atoms with E-state index in [4.69, 9.17) is 0 Å². The highest BCUT2D eigenvalue weighted by Gasteiger charge is 2.40. The lowest BCUT2D eigenvalue weighted by Crippen LogP contribution is -2.38. The van der Waals surface area contributed by atoms with Gasteiger partial charge in [-0.25, -0.2) is 0 Å². The predicted octanol–water partition coefficient (Wildman–Crippen LogP) is 3.22. The second-order valence-electron chi connectivity index (χ2n) is 5.84. The summed E-state index contributed by atoms with van der Waals surface area (Å²) in [5.74, 6) is 0.0490. The van der Waals surface area contributed by atoms with Crippen molar-refractivity contribution in [1.82, 2.24) is 13.6 Å². The predicted molar refractivity (Wildman–Crippen MR) is 81.2 cm³/mol. The van der Waals surface area contributed by atoms with Crippen molar-refractivity contribution >= 4 is 17.6 Å². The smallest absolute Gasteiger partial charge is 0.276 e. The summed E-state index contributed by atoms with van der Waals surface area (Å²) >= 11 is 1.10. The minimum absolute atomic E-state index is 0.0490. The van der Waals surface area contributed by atoms with E-state index in [1.165, 1.54) is 11.1 Å². The Morgan fingerprint density at radius 3 is 2.86 bits per heavy atom. The standard InChI is InChI=1S/C16H17N3OS/c20-16(14-10-17-21-18-14)19(12-8-9-12)15-7-3-5-11-4-1-2-6-13(11)15/h1-2,4,6,10,12,15H,3,5,7-9H2/t15-/m0/s1. The zero-order valence-electron chi connectivity index (χ0n) is 11.7. The van der Waals surface area contributed by atoms with Crippen LogP contribution in [0.1, 0.15) is 53.3 Å². The summed E-state index contributed by atoms with van der Waals surface area (Å²) in [6.45, 7) is 0. The van der Waals surface area contributed by atoms with E-state index in [0.29, 0.717) is 11.7 Å². The van der Waals surface area contributed by atoms with Crippen LogP contribution in [0.5, 0.6) is 0 Å². The van der Waals surface area contributed by atoms with Gasteiger partial charge in [0.15, 0.2) is 5.69 Å². The van der Waals surface area contributed by atoms with E-state index < -0.39 is 0 Å². The largest absolute Gasteiger partial charge is 0.327 e. The zero-order valence-corrected chi connectivity index (χ0v) is 12.6. The second-order valence-corrected chi connectivity index (χ2v) is 6.40. The van der Waals surface area contributed by atoms with Crippen LogP contribution >= 0.6 is 11.7 Å². The van der Waals surface area contributed by atoms with Gasteiger partial charge >= 0.3 is 0 Å². The third kappa shape index (κ3) is 2.35. The molecule has 0 spiro atoms. The van der Waals surface area contributed by atoms with Crippen molar-refractivity contribution in [3.63, 3.8) is 0 Å². The maximum Gasteiger partial charge on any atom is 0.276 e. The quantitative estimate of drug-likeness (QED) is 0.874. The minimum atomic E-state index is 0.0490. The van der Waals surface area contributed by atoms with E-state index >= 15 is 0 Å². The number of carbonyl (C=O) groups is 1. The lowest BCUT2D eigenvalue weighted by Gasteiger charge is -2.35. The fraction of sp³-hybridized carbons (Fsp3) is 0.438. The fourth-order valence-electron chi connectivity index (χ4n) is 3.32. The second kappa shape index (κ2) is 5.22. The molecular formula is C16H17N3OS. The lowest BCUT2D eigenvalue weighted by molar-refractivity contribution is 0.0633. The molecule has 1 fully saturated rings. The fourth-order valence-corrected chi connectivity index (χ4v) is 3.73. The van der Waals surface area contributed by atoms with Gasteiger partial charge in [-0.2, -0.15) is 8.75 Å². The number of carbonyl (C=O) groups excluding carboxylic acids is 1. The summed E-state index contributed by atoms with van der Waals surface area (Å²) in [5, 5.41) is 0. The molecule has 2 aliphatic carbocycles. The van der Waals surface area contributed by atoms with Gasteiger partial charge in [-0.1, -0.05) is 24.3 Å². The van der Waals surface area contributed by atoms with E-state index in [1.807, 2.05) is 0 Å². The normalized spacial score (nSPS) is 20.9. The molecule has 0 unspecified atom stereocenters. The number of hydrogen-bond acceptors (Lipinski definition) is 4. The molecule has 4 nitrogen and oxygen atoms in total. The molecule has 1 aromatic heterocycles. The molecule has 4 rings (SSSR count). The summed E-state index contributed by atoms with van der Waals surface area (Å²) in [6.07, 6.45) is 7.14. The van der Waals surface area contributed by atoms with Gasteiger partial charge in [-0.05, 0) is 43.2 Å². The first-order chi connectivity index (χ1) is 10.3. The Bertz CT molecular complexity index is 651. The highest BCUT2D eigenvalue weighted by Crippen LogP contribution is 2.41. The molecule has 1 amide bonds. The molecule has 0 bridgehead atoms. The van der Waals surface area contributed by atoms with Gasteiger partial charge in [0.25, 0.3) is 5.91 Å². The molecule has 0 aliphatic heterocycles. The van der Waals surface area contributed by atoms with Crippen LogP contribution in [0.15, 0.2) is 30.5 Å². The van der Waals surface area contributed by atoms with Crippen LogP contribution in [0.3, 0.4) is 0 Å². The van der Waals surface area contributed by atoms with Gasteiger partial charge in [0.05, 0.1) is 24.0 Å². The van der Waals surface area contributed by atoms with Crippen molar-refractivity contribution in [3.8, 4) is 0 Å². The van der Waals surface area contributed by atoms with Crippen LogP contribution in [0.4, 0.5) is 0 Å². The monoisotopic (exact) mass is 299 g/mol. The molecule has 1 saturated carbocycles. The van der Waals surface area contributed by atoms with Crippen LogP contribution in [0.2, 0.25) is 0 Å². The Labute approximate surface area is 128 Å². The topological polar surface area (TPSA) is 46.1 Å². The number of nitrogens with zero attached hydrogens (tertiary/aromatic N) is 3. The van der Waals surface area contributed by atoms with Gasteiger partial charge in [0.1, 0.15) is 0 Å². The number of fused-ring (bicyclic) bond motifs is 1. The molecule has 2 aromatic rings. The van der Waals surface area contributed by atoms with Crippen molar-refractivity contribution in [2.75, 3.05) is 0 Å². The first kappa shape index (κ1) is 13.0. The van der Waals surface area contributed by atoms with Gasteiger partial charge in [0, 0.05) is 6.04 Å². The molecule has 1 aromatic carbocycles. The summed E-state index contributed by atoms with van der Waals surface area (Å²) in [6, 6.07) is 9.14. The number of rotatable bonds is 3. The maximum atomic E-state index is 12.8. The van der Waals surface area contributed by atoms with Crippen molar-refractivity contribution in [1.29, 1.82) is 0 Å². The summed E-state index contributed by atoms with van der Waals surface area (Å²) < 4.78 is 8.12. The molecule has 1 heterocycles. The highest BCUT2D eigenvalue weighted by atomic mass is 32.1. The summed E-state index contributed by atoms with van der Waals surface area (Å²) in [7, 11) is 0. The van der Waals surface area contributed by atoms with E-state index in [9.17, 15) is 4.79 Å². The average Bonchev–Trinajstić information content (AvgIpc) is 3.20. The van der Waals surface area contributed by atoms with E-state index in [0.717, 1.165) is 43.8 Å². The van der Waals surface area contributed by atoms with Gasteiger partial charge in [0.2, 0.25) is 0 Å². The van der Waals surface area contributed by atoms with Crippen molar-refractivity contribution in [2.45, 2.75) is 44.2 Å². The number of hydrogen-bond donors (Lipinski definition) is 0. The SMILES string of the molecule is O=C(c1cnsn1)N(C1CC1)[C@H]1CCCc2ccccc21. The number of amides is 1. The third-order valence-corrected chi connectivity index (χ3v) is 4.91. The van der Waals surface area contributed by atoms with Crippen molar-refractivity contribution in [3.05, 3.63) is 47.3 Å². The van der Waals surface area contributed by atoms with Gasteiger partial charge in [-0.15, -0.1) is 0 Å². The van der Waals surface area contributed by atoms with E-state index in [1.54, 1.807) is 6.20 Å². The Kier molecular flexibility index (Phi) is 3.22. The molecule has 2 aliphatic rings. The van der Waals surface area contributed by atoms with Gasteiger partial charge < -0.3 is 4.90 Å². The Hall–Kier alpha value is -1.75. The first-order valence-electron chi connectivity index (χ1n) is 7.52. The van der Waals surface area contributed by atoms with Crippen LogP contribution in [0.25, 0.3) is 0 Å². The number of aryl methyl sites for hydroxylation is 1. The van der Waals surface area contributed by atoms with Crippen LogP contribution in [-0.2, 0) is 6.42 Å². The number of aromatic nitrogens is 2. The molecule has 0 N–H and O–H groups in total. The van der Waals surface area contributed by atoms with Crippen LogP contribution in [0, 0.1) is 0 Å². The molecule has 0 radical (unpaired) electrons. The molecule has 0 saturated heterocycles. The average molecular weight is 299 g/mol. The van der Waals surface area contributed by atoms with Crippen molar-refractivity contribution < 1.29 is 4.79 Å². The molecular weight excluding hydrogens is 282 g/mol. The van der Waals surface area contributed by atoms with Crippen LogP contribution in [-0.4, -0.2) is 25.6 Å². The Balaban J connectivity index is 1.71. The summed E-state index contributed by atoms with van der Waals surface area (Å²) in [4.78, 5) is 14.9. The lowest BCUT2D eigenvalue weighted by atomic mass is 9.86. The highest BCUT2D eigenvalue weighted by molar-refractivity contribution is 6.99. The van der Waals surface area contributed by atoms with E-state index in [2.05, 4.69) is 37.9 Å². The third-order valence-electron chi connectivity index (χ3n) is 4.43. The zero-order chi connectivity index (χ0) is 14.2. The maximum absolute atomic E-state index is 12.8. The summed E-state index contributed by atoms with van der Waals surface area (Å²) in [5.41, 5.74) is 3.21. The van der Waals surface area contributed by atoms with Crippen LogP contribution < -0.4 is 0 Å². The van der Waals surface area contributed by atoms with E-state index in [-0.39, 0.29) is 11.9 Å². The molecule has 5 heteroatoms. The Morgan fingerprint density at radius 1 is 1.24 bits per heavy atom. The minimum Gasteiger partial charge on any atom is -0.327 e. The van der Waals surface area contributed by atoms with Gasteiger partial charge in [-0.3, -0.25) is 4.79 Å². The number of benzene rings is 1. The first-order valence-corrected chi connectivity index (χ1v) is 8.25. The Morgan fingerprint density at radius 2 is 2.10 bits per heavy atom.